The fraction of sp³-hybridized carbons (Fsp3) is 0.588. The fourth-order valence-corrected chi connectivity index (χ4v) is 2.83. The van der Waals surface area contributed by atoms with E-state index in [-0.39, 0.29) is 18.1 Å². The van der Waals surface area contributed by atoms with E-state index >= 15 is 0 Å². The lowest BCUT2D eigenvalue weighted by atomic mass is 10.1. The first-order valence-corrected chi connectivity index (χ1v) is 8.17. The van der Waals surface area contributed by atoms with E-state index in [9.17, 15) is 9.90 Å². The van der Waals surface area contributed by atoms with Crippen LogP contribution in [0.4, 0.5) is 10.5 Å². The molecule has 1 aromatic rings. The van der Waals surface area contributed by atoms with Crippen LogP contribution in [0.5, 0.6) is 5.75 Å². The number of carbonyl (C=O) groups excluding carboxylic acids is 1. The molecule has 0 heterocycles. The van der Waals surface area contributed by atoms with Crippen molar-refractivity contribution in [2.75, 3.05) is 18.5 Å². The molecule has 0 spiro atoms. The second kappa shape index (κ2) is 7.01. The summed E-state index contributed by atoms with van der Waals surface area (Å²) in [4.78, 5) is 12.0. The van der Waals surface area contributed by atoms with Gasteiger partial charge >= 0.3 is 6.03 Å². The molecule has 0 saturated heterocycles. The molecule has 2 amide bonds. The van der Waals surface area contributed by atoms with Gasteiger partial charge in [-0.2, -0.15) is 0 Å². The zero-order chi connectivity index (χ0) is 15.4. The molecule has 2 aliphatic carbocycles. The first-order chi connectivity index (χ1) is 10.7. The molecule has 1 aromatic carbocycles. The topological polar surface area (TPSA) is 70.6 Å². The van der Waals surface area contributed by atoms with Crippen LogP contribution >= 0.6 is 0 Å². The van der Waals surface area contributed by atoms with Crippen LogP contribution in [-0.4, -0.2) is 30.4 Å². The number of urea groups is 1. The van der Waals surface area contributed by atoms with Crippen molar-refractivity contribution < 1.29 is 14.6 Å². The lowest BCUT2D eigenvalue weighted by Gasteiger charge is -2.16. The Bertz CT molecular complexity index is 516. The number of benzene rings is 1. The Kier molecular flexibility index (Phi) is 4.83. The predicted molar refractivity (Wildman–Crippen MR) is 85.0 cm³/mol. The van der Waals surface area contributed by atoms with Gasteiger partial charge in [-0.15, -0.1) is 0 Å². The zero-order valence-corrected chi connectivity index (χ0v) is 12.8. The van der Waals surface area contributed by atoms with Gasteiger partial charge in [0.15, 0.2) is 0 Å². The van der Waals surface area contributed by atoms with E-state index in [0.29, 0.717) is 30.5 Å². The van der Waals surface area contributed by atoms with Crippen molar-refractivity contribution in [3.05, 3.63) is 24.3 Å². The van der Waals surface area contributed by atoms with Crippen molar-refractivity contribution in [2.45, 2.75) is 38.2 Å². The van der Waals surface area contributed by atoms with Crippen LogP contribution in [-0.2, 0) is 0 Å². The normalized spacial score (nSPS) is 24.0. The quantitative estimate of drug-likeness (QED) is 0.757. The summed E-state index contributed by atoms with van der Waals surface area (Å²) in [5.41, 5.74) is 0.688. The maximum Gasteiger partial charge on any atom is 0.319 e. The Morgan fingerprint density at radius 1 is 1.23 bits per heavy atom. The van der Waals surface area contributed by atoms with E-state index in [0.717, 1.165) is 19.3 Å². The third kappa shape index (κ3) is 4.13. The van der Waals surface area contributed by atoms with Gasteiger partial charge in [0.05, 0.1) is 18.4 Å². The van der Waals surface area contributed by atoms with Crippen LogP contribution in [0.25, 0.3) is 0 Å². The van der Waals surface area contributed by atoms with Crippen LogP contribution < -0.4 is 15.4 Å². The summed E-state index contributed by atoms with van der Waals surface area (Å²) in [5, 5.41) is 15.5. The molecule has 5 heteroatoms. The van der Waals surface area contributed by atoms with E-state index < -0.39 is 0 Å². The smallest absolute Gasteiger partial charge is 0.319 e. The van der Waals surface area contributed by atoms with Crippen molar-refractivity contribution in [2.24, 2.45) is 11.8 Å². The summed E-state index contributed by atoms with van der Waals surface area (Å²) in [6.07, 6.45) is 5.04. The predicted octanol–water partition coefficient (Wildman–Crippen LogP) is 2.76. The van der Waals surface area contributed by atoms with Crippen LogP contribution in [0.1, 0.15) is 32.1 Å². The Hall–Kier alpha value is -1.75. The number of aliphatic hydroxyl groups is 1. The molecule has 0 aliphatic heterocycles. The largest absolute Gasteiger partial charge is 0.491 e. The molecule has 2 unspecified atom stereocenters. The number of rotatable bonds is 6. The fourth-order valence-electron chi connectivity index (χ4n) is 2.83. The van der Waals surface area contributed by atoms with Gasteiger partial charge in [0.2, 0.25) is 0 Å². The third-order valence-electron chi connectivity index (χ3n) is 4.45. The maximum atomic E-state index is 12.0. The van der Waals surface area contributed by atoms with Crippen molar-refractivity contribution in [1.82, 2.24) is 5.32 Å². The highest BCUT2D eigenvalue weighted by molar-refractivity contribution is 5.90. The van der Waals surface area contributed by atoms with Crippen molar-refractivity contribution in [1.29, 1.82) is 0 Å². The Morgan fingerprint density at radius 2 is 2.05 bits per heavy atom. The van der Waals surface area contributed by atoms with Crippen molar-refractivity contribution >= 4 is 11.7 Å². The highest BCUT2D eigenvalue weighted by Crippen LogP contribution is 2.31. The number of amides is 2. The molecule has 120 valence electrons. The minimum absolute atomic E-state index is 0.173. The summed E-state index contributed by atoms with van der Waals surface area (Å²) in [6, 6.07) is 7.24. The molecule has 2 saturated carbocycles. The van der Waals surface area contributed by atoms with Gasteiger partial charge in [-0.25, -0.2) is 4.79 Å². The van der Waals surface area contributed by atoms with Gasteiger partial charge in [0, 0.05) is 12.5 Å². The maximum absolute atomic E-state index is 12.0. The molecule has 0 bridgehead atoms. The number of nitrogens with one attached hydrogen (secondary N) is 2. The lowest BCUT2D eigenvalue weighted by molar-refractivity contribution is 0.133. The van der Waals surface area contributed by atoms with Gasteiger partial charge in [0.25, 0.3) is 0 Å². The Balaban J connectivity index is 1.49. The van der Waals surface area contributed by atoms with Crippen molar-refractivity contribution in [3.63, 3.8) is 0 Å². The number of carbonyl (C=O) groups is 1. The summed E-state index contributed by atoms with van der Waals surface area (Å²) in [6.45, 7) is 1.23. The average molecular weight is 304 g/mol. The number of hydrogen-bond acceptors (Lipinski definition) is 3. The minimum atomic E-state index is -0.283. The molecule has 2 fully saturated rings. The standard InChI is InChI=1S/C17H24N2O3/c20-15-6-3-4-13(15)10-18-17(21)19-14-5-1-2-7-16(14)22-11-12-8-9-12/h1-2,5,7,12-13,15,20H,3-4,6,8-11H2,(H2,18,19,21). The highest BCUT2D eigenvalue weighted by Gasteiger charge is 2.25. The molecule has 2 aliphatic rings. The van der Waals surface area contributed by atoms with Crippen molar-refractivity contribution in [3.8, 4) is 5.75 Å². The lowest BCUT2D eigenvalue weighted by Crippen LogP contribution is -2.35. The SMILES string of the molecule is O=C(NCC1CCCC1O)Nc1ccccc1OCC1CC1. The number of aliphatic hydroxyl groups excluding tert-OH is 1. The molecule has 2 atom stereocenters. The molecule has 22 heavy (non-hydrogen) atoms. The first-order valence-electron chi connectivity index (χ1n) is 8.17. The molecule has 3 rings (SSSR count). The van der Waals surface area contributed by atoms with Gasteiger partial charge < -0.3 is 20.5 Å². The second-order valence-corrected chi connectivity index (χ2v) is 6.34. The third-order valence-corrected chi connectivity index (χ3v) is 4.45. The average Bonchev–Trinajstić information content (AvgIpc) is 3.26. The molecule has 3 N–H and O–H groups in total. The number of anilines is 1. The summed E-state index contributed by atoms with van der Waals surface area (Å²) >= 11 is 0. The number of hydrogen-bond donors (Lipinski definition) is 3. The number of para-hydroxylation sites is 2. The second-order valence-electron chi connectivity index (χ2n) is 6.34. The Labute approximate surface area is 131 Å². The Morgan fingerprint density at radius 3 is 2.77 bits per heavy atom. The van der Waals surface area contributed by atoms with Crippen LogP contribution in [0, 0.1) is 11.8 Å². The molecule has 0 aromatic heterocycles. The van der Waals surface area contributed by atoms with Crippen LogP contribution in [0.2, 0.25) is 0 Å². The van der Waals surface area contributed by atoms with Crippen LogP contribution in [0.15, 0.2) is 24.3 Å². The van der Waals surface area contributed by atoms with Gasteiger partial charge in [-0.1, -0.05) is 18.6 Å². The summed E-state index contributed by atoms with van der Waals surface area (Å²) < 4.78 is 5.77. The van der Waals surface area contributed by atoms with E-state index in [1.807, 2.05) is 24.3 Å². The van der Waals surface area contributed by atoms with E-state index in [1.54, 1.807) is 0 Å². The molecule has 0 radical (unpaired) electrons. The van der Waals surface area contributed by atoms with Crippen LogP contribution in [0.3, 0.4) is 0 Å². The van der Waals surface area contributed by atoms with Gasteiger partial charge in [-0.05, 0) is 43.7 Å². The van der Waals surface area contributed by atoms with E-state index in [4.69, 9.17) is 4.74 Å². The first kappa shape index (κ1) is 15.2. The molecular formula is C17H24N2O3. The van der Waals surface area contributed by atoms with Gasteiger partial charge in [0.1, 0.15) is 5.75 Å². The summed E-state index contributed by atoms with van der Waals surface area (Å²) in [7, 11) is 0. The number of ether oxygens (including phenoxy) is 1. The molecule has 5 nitrogen and oxygen atoms in total. The van der Waals surface area contributed by atoms with E-state index in [2.05, 4.69) is 10.6 Å². The minimum Gasteiger partial charge on any atom is -0.491 e. The van der Waals surface area contributed by atoms with E-state index in [1.165, 1.54) is 12.8 Å². The molecular weight excluding hydrogens is 280 g/mol. The zero-order valence-electron chi connectivity index (χ0n) is 12.8. The highest BCUT2D eigenvalue weighted by atomic mass is 16.5. The monoisotopic (exact) mass is 304 g/mol. The van der Waals surface area contributed by atoms with Gasteiger partial charge in [-0.3, -0.25) is 0 Å². The summed E-state index contributed by atoms with van der Waals surface area (Å²) in [5.74, 6) is 1.56.